The maximum Gasteiger partial charge on any atom is 0.259 e. The number of hydrogen-bond donors (Lipinski definition) is 2. The van der Waals surface area contributed by atoms with Gasteiger partial charge in [-0.1, -0.05) is 35.3 Å². The zero-order chi connectivity index (χ0) is 20.5. The number of nitrogens with zero attached hydrogens (tertiary/aromatic N) is 2. The van der Waals surface area contributed by atoms with Crippen molar-refractivity contribution < 1.29 is 9.59 Å². The predicted molar refractivity (Wildman–Crippen MR) is 115 cm³/mol. The van der Waals surface area contributed by atoms with Crippen molar-refractivity contribution in [1.29, 1.82) is 0 Å². The van der Waals surface area contributed by atoms with Crippen LogP contribution in [0, 0.1) is 0 Å². The Bertz CT molecular complexity index is 850. The SMILES string of the molecule is CCN(CC)c1ccc(/C=N/NC(=O)CNC(=O)c2cc(Cl)ccc2Cl)cc1. The number of benzene rings is 2. The van der Waals surface area contributed by atoms with E-state index in [1.165, 1.54) is 12.1 Å². The summed E-state index contributed by atoms with van der Waals surface area (Å²) >= 11 is 11.8. The zero-order valence-corrected chi connectivity index (χ0v) is 17.2. The molecule has 2 rings (SSSR count). The van der Waals surface area contributed by atoms with Crippen LogP contribution in [-0.2, 0) is 4.79 Å². The van der Waals surface area contributed by atoms with Crippen LogP contribution >= 0.6 is 23.2 Å². The van der Waals surface area contributed by atoms with Crippen molar-refractivity contribution in [1.82, 2.24) is 10.7 Å². The topological polar surface area (TPSA) is 73.8 Å². The third-order valence-electron chi connectivity index (χ3n) is 4.01. The highest BCUT2D eigenvalue weighted by Crippen LogP contribution is 2.20. The molecule has 2 N–H and O–H groups in total. The van der Waals surface area contributed by atoms with Gasteiger partial charge in [-0.05, 0) is 49.7 Å². The van der Waals surface area contributed by atoms with E-state index in [1.807, 2.05) is 24.3 Å². The maximum atomic E-state index is 12.1. The van der Waals surface area contributed by atoms with E-state index in [9.17, 15) is 9.59 Å². The number of amides is 2. The quantitative estimate of drug-likeness (QED) is 0.504. The first-order valence-electron chi connectivity index (χ1n) is 8.84. The van der Waals surface area contributed by atoms with Crippen LogP contribution in [0.15, 0.2) is 47.6 Å². The van der Waals surface area contributed by atoms with Crippen molar-refractivity contribution >= 4 is 46.9 Å². The van der Waals surface area contributed by atoms with E-state index >= 15 is 0 Å². The molecule has 2 aromatic rings. The van der Waals surface area contributed by atoms with Gasteiger partial charge in [-0.25, -0.2) is 5.43 Å². The Morgan fingerprint density at radius 3 is 2.39 bits per heavy atom. The fourth-order valence-electron chi connectivity index (χ4n) is 2.51. The number of carbonyl (C=O) groups is 2. The van der Waals surface area contributed by atoms with E-state index in [2.05, 4.69) is 34.6 Å². The summed E-state index contributed by atoms with van der Waals surface area (Å²) in [6, 6.07) is 12.4. The molecule has 0 atom stereocenters. The van der Waals surface area contributed by atoms with Crippen LogP contribution in [0.1, 0.15) is 29.8 Å². The third kappa shape index (κ3) is 6.25. The molecule has 148 valence electrons. The van der Waals surface area contributed by atoms with Crippen LogP contribution in [-0.4, -0.2) is 37.7 Å². The van der Waals surface area contributed by atoms with Gasteiger partial charge in [0.05, 0.1) is 23.3 Å². The largest absolute Gasteiger partial charge is 0.372 e. The average Bonchev–Trinajstić information content (AvgIpc) is 2.70. The minimum absolute atomic E-state index is 0.207. The first-order chi connectivity index (χ1) is 13.4. The number of anilines is 1. The number of rotatable bonds is 8. The second-order valence-corrected chi connectivity index (χ2v) is 6.71. The molecule has 0 aliphatic rings. The fraction of sp³-hybridized carbons (Fsp3) is 0.250. The van der Waals surface area contributed by atoms with Crippen molar-refractivity contribution in [3.8, 4) is 0 Å². The molecule has 28 heavy (non-hydrogen) atoms. The average molecular weight is 421 g/mol. The van der Waals surface area contributed by atoms with Gasteiger partial charge in [0, 0.05) is 23.8 Å². The van der Waals surface area contributed by atoms with Crippen LogP contribution in [0.4, 0.5) is 5.69 Å². The molecule has 8 heteroatoms. The molecule has 0 heterocycles. The van der Waals surface area contributed by atoms with Gasteiger partial charge in [-0.15, -0.1) is 0 Å². The van der Waals surface area contributed by atoms with E-state index in [1.54, 1.807) is 12.3 Å². The molecule has 0 saturated carbocycles. The molecule has 0 bridgehead atoms. The van der Waals surface area contributed by atoms with Crippen LogP contribution in [0.5, 0.6) is 0 Å². The molecule has 0 unspecified atom stereocenters. The Morgan fingerprint density at radius 1 is 1.07 bits per heavy atom. The molecule has 0 aliphatic heterocycles. The molecule has 0 saturated heterocycles. The van der Waals surface area contributed by atoms with Crippen LogP contribution < -0.4 is 15.6 Å². The smallest absolute Gasteiger partial charge is 0.259 e. The second-order valence-electron chi connectivity index (χ2n) is 5.86. The van der Waals surface area contributed by atoms with E-state index in [0.717, 1.165) is 24.3 Å². The maximum absolute atomic E-state index is 12.1. The number of nitrogens with one attached hydrogen (secondary N) is 2. The lowest BCUT2D eigenvalue weighted by atomic mass is 10.2. The Labute approximate surface area is 174 Å². The Hall–Kier alpha value is -2.57. The van der Waals surface area contributed by atoms with Gasteiger partial charge in [-0.3, -0.25) is 9.59 Å². The van der Waals surface area contributed by atoms with Crippen LogP contribution in [0.3, 0.4) is 0 Å². The van der Waals surface area contributed by atoms with Crippen LogP contribution in [0.25, 0.3) is 0 Å². The minimum atomic E-state index is -0.487. The monoisotopic (exact) mass is 420 g/mol. The highest BCUT2D eigenvalue weighted by atomic mass is 35.5. The molecule has 2 aromatic carbocycles. The van der Waals surface area contributed by atoms with Gasteiger partial charge >= 0.3 is 0 Å². The molecule has 6 nitrogen and oxygen atoms in total. The standard InChI is InChI=1S/C20H22Cl2N4O2/c1-3-26(4-2)16-8-5-14(6-9-16)12-24-25-19(27)13-23-20(28)17-11-15(21)7-10-18(17)22/h5-12H,3-4,13H2,1-2H3,(H,23,28)(H,25,27)/b24-12+. The van der Waals surface area contributed by atoms with Crippen molar-refractivity contribution in [3.63, 3.8) is 0 Å². The van der Waals surface area contributed by atoms with Crippen molar-refractivity contribution in [2.75, 3.05) is 24.5 Å². The molecule has 0 spiro atoms. The van der Waals surface area contributed by atoms with E-state index in [-0.39, 0.29) is 17.1 Å². The lowest BCUT2D eigenvalue weighted by Gasteiger charge is -2.20. The summed E-state index contributed by atoms with van der Waals surface area (Å²) in [6.07, 6.45) is 1.54. The van der Waals surface area contributed by atoms with E-state index < -0.39 is 11.8 Å². The number of carbonyl (C=O) groups excluding carboxylic acids is 2. The number of hydrazone groups is 1. The molecular weight excluding hydrogens is 399 g/mol. The fourth-order valence-corrected chi connectivity index (χ4v) is 2.88. The van der Waals surface area contributed by atoms with Crippen molar-refractivity contribution in [2.24, 2.45) is 5.10 Å². The molecular formula is C20H22Cl2N4O2. The molecule has 2 amide bonds. The van der Waals surface area contributed by atoms with Crippen LogP contribution in [0.2, 0.25) is 10.0 Å². The summed E-state index contributed by atoms with van der Waals surface area (Å²) in [7, 11) is 0. The van der Waals surface area contributed by atoms with E-state index in [4.69, 9.17) is 23.2 Å². The van der Waals surface area contributed by atoms with Crippen molar-refractivity contribution in [2.45, 2.75) is 13.8 Å². The molecule has 0 aromatic heterocycles. The third-order valence-corrected chi connectivity index (χ3v) is 4.57. The summed E-state index contributed by atoms with van der Waals surface area (Å²) in [4.78, 5) is 26.1. The lowest BCUT2D eigenvalue weighted by Crippen LogP contribution is -2.35. The summed E-state index contributed by atoms with van der Waals surface area (Å²) < 4.78 is 0. The van der Waals surface area contributed by atoms with Gasteiger partial charge in [0.1, 0.15) is 0 Å². The summed E-state index contributed by atoms with van der Waals surface area (Å²) in [5.41, 5.74) is 4.56. The minimum Gasteiger partial charge on any atom is -0.372 e. The van der Waals surface area contributed by atoms with Gasteiger partial charge in [-0.2, -0.15) is 5.10 Å². The lowest BCUT2D eigenvalue weighted by molar-refractivity contribution is -0.120. The highest BCUT2D eigenvalue weighted by Gasteiger charge is 2.12. The van der Waals surface area contributed by atoms with Gasteiger partial charge in [0.15, 0.2) is 0 Å². The number of hydrogen-bond acceptors (Lipinski definition) is 4. The first-order valence-corrected chi connectivity index (χ1v) is 9.60. The zero-order valence-electron chi connectivity index (χ0n) is 15.7. The molecule has 0 fully saturated rings. The summed E-state index contributed by atoms with van der Waals surface area (Å²) in [5.74, 6) is -0.943. The predicted octanol–water partition coefficient (Wildman–Crippen LogP) is 3.72. The first kappa shape index (κ1) is 21.7. The summed E-state index contributed by atoms with van der Waals surface area (Å²) in [6.45, 7) is 5.85. The summed E-state index contributed by atoms with van der Waals surface area (Å²) in [5, 5.41) is 7.02. The highest BCUT2D eigenvalue weighted by molar-refractivity contribution is 6.35. The van der Waals surface area contributed by atoms with Crippen molar-refractivity contribution in [3.05, 3.63) is 63.6 Å². The molecule has 0 radical (unpaired) electrons. The van der Waals surface area contributed by atoms with Gasteiger partial charge in [0.25, 0.3) is 11.8 Å². The van der Waals surface area contributed by atoms with Gasteiger partial charge < -0.3 is 10.2 Å². The second kappa shape index (κ2) is 10.7. The van der Waals surface area contributed by atoms with E-state index in [0.29, 0.717) is 5.02 Å². The van der Waals surface area contributed by atoms with Gasteiger partial charge in [0.2, 0.25) is 0 Å². The Morgan fingerprint density at radius 2 is 1.75 bits per heavy atom. The Kier molecular flexibility index (Phi) is 8.29. The Balaban J connectivity index is 1.83. The molecule has 0 aliphatic carbocycles. The normalized spacial score (nSPS) is 10.7. The number of halogens is 2.